The number of nitrogens with zero attached hydrogens (tertiary/aromatic N) is 4. The average Bonchev–Trinajstić information content (AvgIpc) is 2.40. The Labute approximate surface area is 160 Å². The van der Waals surface area contributed by atoms with Crippen LogP contribution in [0.4, 0.5) is 0 Å². The minimum atomic E-state index is -0.818. The maximum Gasteiger partial charge on any atom is 0.336 e. The highest BCUT2D eigenvalue weighted by Crippen LogP contribution is 2.62. The molecule has 0 saturated heterocycles. The average molecular weight is 389 g/mol. The SMILES string of the molecule is CC(C)N(C(C)C)P(C(=[N+]=[N-])P(C(C)C)C(C)C)N(C(C)C)C(C)C. The van der Waals surface area contributed by atoms with Gasteiger partial charge in [0, 0.05) is 32.1 Å². The molecule has 0 aliphatic rings. The molecule has 0 heterocycles. The normalized spacial score (nSPS) is 13.2. The first-order valence-corrected chi connectivity index (χ1v) is 12.5. The molecule has 0 aromatic heterocycles. The molecule has 0 amide bonds. The Hall–Kier alpha value is 0.160. The van der Waals surface area contributed by atoms with Crippen LogP contribution in [0.1, 0.15) is 83.1 Å². The van der Waals surface area contributed by atoms with Crippen molar-refractivity contribution >= 4 is 21.3 Å². The van der Waals surface area contributed by atoms with Crippen LogP contribution < -0.4 is 0 Å². The van der Waals surface area contributed by atoms with Crippen LogP contribution in [-0.4, -0.2) is 54.8 Å². The molecular formula is C19H42N4P2. The van der Waals surface area contributed by atoms with Crippen LogP contribution in [0.15, 0.2) is 0 Å². The maximum atomic E-state index is 10.2. The lowest BCUT2D eigenvalue weighted by molar-refractivity contribution is 0.00297. The van der Waals surface area contributed by atoms with Crippen LogP contribution in [0.2, 0.25) is 0 Å². The van der Waals surface area contributed by atoms with Crippen LogP contribution in [-0.2, 0) is 0 Å². The van der Waals surface area contributed by atoms with Crippen LogP contribution in [0.3, 0.4) is 0 Å². The Morgan fingerprint density at radius 3 is 1.08 bits per heavy atom. The van der Waals surface area contributed by atoms with E-state index in [0.717, 1.165) is 5.19 Å². The molecule has 6 heteroatoms. The van der Waals surface area contributed by atoms with Gasteiger partial charge < -0.3 is 5.53 Å². The predicted molar refractivity (Wildman–Crippen MR) is 117 cm³/mol. The summed E-state index contributed by atoms with van der Waals surface area (Å²) in [5, 5.41) is 1.04. The molecule has 0 spiro atoms. The van der Waals surface area contributed by atoms with Gasteiger partial charge in [0.2, 0.25) is 0 Å². The first kappa shape index (κ1) is 25.2. The molecule has 0 bridgehead atoms. The molecule has 0 aromatic carbocycles. The van der Waals surface area contributed by atoms with Crippen molar-refractivity contribution in [3.63, 3.8) is 0 Å². The van der Waals surface area contributed by atoms with E-state index in [1.54, 1.807) is 0 Å². The lowest BCUT2D eigenvalue weighted by Crippen LogP contribution is -2.45. The van der Waals surface area contributed by atoms with E-state index >= 15 is 0 Å². The van der Waals surface area contributed by atoms with Crippen molar-refractivity contribution in [3.05, 3.63) is 5.53 Å². The summed E-state index contributed by atoms with van der Waals surface area (Å²) in [5.41, 5.74) is 11.2. The van der Waals surface area contributed by atoms with Gasteiger partial charge in [0.25, 0.3) is 0 Å². The molecule has 0 aromatic rings. The third kappa shape index (κ3) is 6.67. The van der Waals surface area contributed by atoms with Gasteiger partial charge in [0.15, 0.2) is 8.22 Å². The minimum absolute atomic E-state index is 0.402. The van der Waals surface area contributed by atoms with Gasteiger partial charge >= 0.3 is 5.19 Å². The molecule has 25 heavy (non-hydrogen) atoms. The molecule has 0 aliphatic heterocycles. The Balaban J connectivity index is 6.48. The standard InChI is InChI=1S/C19H42N4P2/c1-13(2)22(14(3)4)25(23(15(5)6)16(7)8)19(21-20)24(17(9)10)18(11)12/h13-18H,1-12H3. The molecule has 148 valence electrons. The molecule has 0 aliphatic carbocycles. The van der Waals surface area contributed by atoms with E-state index < -0.39 is 16.1 Å². The van der Waals surface area contributed by atoms with Crippen molar-refractivity contribution in [2.75, 3.05) is 0 Å². The smallest absolute Gasteiger partial charge is 0.336 e. The van der Waals surface area contributed by atoms with Gasteiger partial charge in [-0.25, -0.2) is 0 Å². The van der Waals surface area contributed by atoms with Crippen molar-refractivity contribution in [2.24, 2.45) is 0 Å². The summed E-state index contributed by atoms with van der Waals surface area (Å²) < 4.78 is 5.15. The van der Waals surface area contributed by atoms with Crippen LogP contribution in [0.5, 0.6) is 0 Å². The van der Waals surface area contributed by atoms with Crippen molar-refractivity contribution < 1.29 is 4.79 Å². The van der Waals surface area contributed by atoms with Crippen LogP contribution >= 0.6 is 16.1 Å². The van der Waals surface area contributed by atoms with Gasteiger partial charge in [-0.15, -0.1) is 0 Å². The molecule has 0 rings (SSSR count). The second kappa shape index (κ2) is 11.1. The summed E-state index contributed by atoms with van der Waals surface area (Å²) in [6.07, 6.45) is 0. The van der Waals surface area contributed by atoms with Gasteiger partial charge in [0.1, 0.15) is 0 Å². The summed E-state index contributed by atoms with van der Waals surface area (Å²) in [6.45, 7) is 27.2. The summed E-state index contributed by atoms with van der Waals surface area (Å²) in [4.78, 5) is 3.99. The van der Waals surface area contributed by atoms with Gasteiger partial charge in [-0.2, -0.15) is 4.79 Å². The van der Waals surface area contributed by atoms with E-state index in [-0.39, 0.29) is 0 Å². The lowest BCUT2D eigenvalue weighted by Gasteiger charge is -2.45. The minimum Gasteiger partial charge on any atom is -0.361 e. The van der Waals surface area contributed by atoms with E-state index in [2.05, 4.69) is 97.2 Å². The molecule has 0 radical (unpaired) electrons. The fourth-order valence-corrected chi connectivity index (χ4v) is 11.2. The van der Waals surface area contributed by atoms with Crippen molar-refractivity contribution in [1.29, 1.82) is 0 Å². The van der Waals surface area contributed by atoms with Crippen molar-refractivity contribution in [3.8, 4) is 0 Å². The van der Waals surface area contributed by atoms with Gasteiger partial charge in [-0.05, 0) is 66.7 Å². The van der Waals surface area contributed by atoms with Crippen LogP contribution in [0.25, 0.3) is 5.53 Å². The highest BCUT2D eigenvalue weighted by molar-refractivity contribution is 7.99. The van der Waals surface area contributed by atoms with Crippen molar-refractivity contribution in [1.82, 2.24) is 9.34 Å². The van der Waals surface area contributed by atoms with E-state index in [9.17, 15) is 5.53 Å². The second-order valence-corrected chi connectivity index (χ2v) is 14.0. The van der Waals surface area contributed by atoms with Gasteiger partial charge in [0.05, 0.1) is 0 Å². The summed E-state index contributed by atoms with van der Waals surface area (Å²) in [7, 11) is -1.32. The highest BCUT2D eigenvalue weighted by Gasteiger charge is 2.46. The summed E-state index contributed by atoms with van der Waals surface area (Å²) in [5.74, 6) is 0. The molecule has 0 unspecified atom stereocenters. The van der Waals surface area contributed by atoms with Crippen LogP contribution in [0, 0.1) is 0 Å². The quantitative estimate of drug-likeness (QED) is 0.187. The molecule has 0 atom stereocenters. The van der Waals surface area contributed by atoms with Gasteiger partial charge in [-0.1, -0.05) is 27.7 Å². The molecule has 0 N–H and O–H groups in total. The largest absolute Gasteiger partial charge is 0.361 e. The molecular weight excluding hydrogens is 346 g/mol. The predicted octanol–water partition coefficient (Wildman–Crippen LogP) is 6.42. The number of hydrogen-bond acceptors (Lipinski definition) is 2. The summed E-state index contributed by atoms with van der Waals surface area (Å²) >= 11 is 0. The summed E-state index contributed by atoms with van der Waals surface area (Å²) in [6, 6.07) is 1.61. The van der Waals surface area contributed by atoms with E-state index in [1.807, 2.05) is 0 Å². The lowest BCUT2D eigenvalue weighted by atomic mass is 10.3. The van der Waals surface area contributed by atoms with Gasteiger partial charge in [-0.3, -0.25) is 9.34 Å². The fourth-order valence-electron chi connectivity index (χ4n) is 3.65. The zero-order valence-electron chi connectivity index (χ0n) is 18.6. The zero-order valence-corrected chi connectivity index (χ0v) is 20.4. The maximum absolute atomic E-state index is 10.2. The monoisotopic (exact) mass is 388 g/mol. The van der Waals surface area contributed by atoms with Crippen molar-refractivity contribution in [2.45, 2.75) is 119 Å². The first-order valence-electron chi connectivity index (χ1n) is 9.75. The third-order valence-electron chi connectivity index (χ3n) is 4.17. The van der Waals surface area contributed by atoms with E-state index in [4.69, 9.17) is 0 Å². The fraction of sp³-hybridized carbons (Fsp3) is 0.947. The third-order valence-corrected chi connectivity index (χ3v) is 11.3. The highest BCUT2D eigenvalue weighted by atomic mass is 31.2. The zero-order chi connectivity index (χ0) is 20.1. The molecule has 4 nitrogen and oxygen atoms in total. The van der Waals surface area contributed by atoms with E-state index in [0.29, 0.717) is 35.5 Å². The topological polar surface area (TPSA) is 42.9 Å². The Kier molecular flexibility index (Phi) is 11.2. The Bertz CT molecular complexity index is 397. The second-order valence-electron chi connectivity index (χ2n) is 8.42. The Morgan fingerprint density at radius 1 is 0.640 bits per heavy atom. The number of hydrogen-bond donors (Lipinski definition) is 0. The first-order chi connectivity index (χ1) is 11.4. The Morgan fingerprint density at radius 2 is 0.920 bits per heavy atom. The van der Waals surface area contributed by atoms with E-state index in [1.165, 1.54) is 0 Å². The molecule has 0 fully saturated rings. The molecule has 0 saturated carbocycles. The number of rotatable bonds is 10.